The maximum atomic E-state index is 12.1. The summed E-state index contributed by atoms with van der Waals surface area (Å²) in [5, 5.41) is 1.88. The predicted molar refractivity (Wildman–Crippen MR) is 105 cm³/mol. The first-order chi connectivity index (χ1) is 12.0. The van der Waals surface area contributed by atoms with Crippen molar-refractivity contribution >= 4 is 10.8 Å². The van der Waals surface area contributed by atoms with Crippen LogP contribution < -0.4 is 5.56 Å². The number of hydrogen-bond donors (Lipinski definition) is 1. The molecule has 1 fully saturated rings. The third kappa shape index (κ3) is 4.71. The van der Waals surface area contributed by atoms with Gasteiger partial charge in [0.15, 0.2) is 0 Å². The molecule has 0 aliphatic carbocycles. The van der Waals surface area contributed by atoms with Crippen LogP contribution in [0.4, 0.5) is 0 Å². The number of hydrogen-bond acceptors (Lipinski definition) is 3. The zero-order valence-electron chi connectivity index (χ0n) is 15.8. The molecule has 0 atom stereocenters. The average Bonchev–Trinajstić information content (AvgIpc) is 2.59. The summed E-state index contributed by atoms with van der Waals surface area (Å²) in [5.74, 6) is 1.42. The van der Waals surface area contributed by atoms with Gasteiger partial charge in [0, 0.05) is 31.2 Å². The molecular weight excluding hydrogens is 310 g/mol. The number of aromatic nitrogens is 1. The Morgan fingerprint density at radius 3 is 2.56 bits per heavy atom. The predicted octanol–water partition coefficient (Wildman–Crippen LogP) is 3.33. The van der Waals surface area contributed by atoms with E-state index in [0.29, 0.717) is 5.92 Å². The number of H-pyrrole nitrogens is 1. The number of nitrogens with zero attached hydrogens (tertiary/aromatic N) is 2. The van der Waals surface area contributed by atoms with Crippen molar-refractivity contribution in [3.63, 3.8) is 0 Å². The molecule has 0 unspecified atom stereocenters. The molecule has 1 aliphatic heterocycles. The number of fused-ring (bicyclic) bond motifs is 1. The van der Waals surface area contributed by atoms with Crippen molar-refractivity contribution in [2.24, 2.45) is 11.8 Å². The van der Waals surface area contributed by atoms with E-state index in [-0.39, 0.29) is 5.56 Å². The molecule has 0 bridgehead atoms. The minimum atomic E-state index is 0.00470. The van der Waals surface area contributed by atoms with Crippen LogP contribution in [0.1, 0.15) is 32.3 Å². The lowest BCUT2D eigenvalue weighted by molar-refractivity contribution is 0.146. The molecule has 4 heteroatoms. The van der Waals surface area contributed by atoms with Crippen LogP contribution >= 0.6 is 0 Å². The van der Waals surface area contributed by atoms with Crippen molar-refractivity contribution < 1.29 is 0 Å². The number of rotatable bonds is 6. The van der Waals surface area contributed by atoms with Crippen LogP contribution in [0.15, 0.2) is 35.3 Å². The zero-order chi connectivity index (χ0) is 17.8. The molecule has 1 aliphatic rings. The Labute approximate surface area is 150 Å². The Balaban J connectivity index is 1.78. The number of pyridine rings is 1. The van der Waals surface area contributed by atoms with Gasteiger partial charge in [0.2, 0.25) is 0 Å². The van der Waals surface area contributed by atoms with Crippen LogP contribution in [-0.2, 0) is 6.54 Å². The molecule has 2 aromatic rings. The fraction of sp³-hybridized carbons (Fsp3) is 0.571. The molecule has 0 amide bonds. The van der Waals surface area contributed by atoms with E-state index in [1.165, 1.54) is 31.5 Å². The number of likely N-dealkylation sites (tertiary alicyclic amines) is 1. The van der Waals surface area contributed by atoms with Crippen LogP contribution in [0.3, 0.4) is 0 Å². The van der Waals surface area contributed by atoms with Gasteiger partial charge in [-0.25, -0.2) is 0 Å². The van der Waals surface area contributed by atoms with E-state index in [9.17, 15) is 4.79 Å². The Bertz CT molecular complexity index is 744. The van der Waals surface area contributed by atoms with Crippen molar-refractivity contribution in [3.8, 4) is 0 Å². The molecular formula is C21H31N3O. The van der Waals surface area contributed by atoms with Crippen LogP contribution in [0, 0.1) is 11.8 Å². The van der Waals surface area contributed by atoms with Gasteiger partial charge in [-0.3, -0.25) is 9.69 Å². The van der Waals surface area contributed by atoms with Gasteiger partial charge in [0.05, 0.1) is 0 Å². The molecule has 136 valence electrons. The highest BCUT2D eigenvalue weighted by Gasteiger charge is 2.20. The SMILES string of the molecule is CC(C)CN(Cc1c[nH]c(=O)c2ccccc12)CC1CCN(C)CC1. The van der Waals surface area contributed by atoms with Crippen LogP contribution in [0.2, 0.25) is 0 Å². The second-order valence-corrected chi connectivity index (χ2v) is 8.02. The fourth-order valence-electron chi connectivity index (χ4n) is 3.97. The minimum Gasteiger partial charge on any atom is -0.328 e. The molecule has 25 heavy (non-hydrogen) atoms. The molecule has 1 N–H and O–H groups in total. The summed E-state index contributed by atoms with van der Waals surface area (Å²) < 4.78 is 0. The molecule has 0 spiro atoms. The minimum absolute atomic E-state index is 0.00470. The standard InChI is InChI=1S/C21H31N3O/c1-16(2)13-24(14-17-8-10-23(3)11-9-17)15-18-12-22-21(25)20-7-5-4-6-19(18)20/h4-7,12,16-17H,8-11,13-15H2,1-3H3,(H,22,25). The Hall–Kier alpha value is -1.65. The van der Waals surface area contributed by atoms with Gasteiger partial charge in [-0.2, -0.15) is 0 Å². The number of piperidine rings is 1. The fourth-order valence-corrected chi connectivity index (χ4v) is 3.97. The van der Waals surface area contributed by atoms with Gasteiger partial charge >= 0.3 is 0 Å². The maximum Gasteiger partial charge on any atom is 0.255 e. The van der Waals surface area contributed by atoms with E-state index >= 15 is 0 Å². The lowest BCUT2D eigenvalue weighted by Gasteiger charge is -2.34. The van der Waals surface area contributed by atoms with Gasteiger partial charge in [-0.05, 0) is 61.8 Å². The average molecular weight is 341 g/mol. The summed E-state index contributed by atoms with van der Waals surface area (Å²) in [6, 6.07) is 7.95. The van der Waals surface area contributed by atoms with Crippen molar-refractivity contribution in [1.82, 2.24) is 14.8 Å². The maximum absolute atomic E-state index is 12.1. The Morgan fingerprint density at radius 2 is 1.88 bits per heavy atom. The molecule has 2 heterocycles. The Morgan fingerprint density at radius 1 is 1.20 bits per heavy atom. The first-order valence-corrected chi connectivity index (χ1v) is 9.53. The van der Waals surface area contributed by atoms with Gasteiger partial charge in [-0.1, -0.05) is 32.0 Å². The van der Waals surface area contributed by atoms with Crippen molar-refractivity contribution in [3.05, 3.63) is 46.4 Å². The van der Waals surface area contributed by atoms with Crippen molar-refractivity contribution in [2.45, 2.75) is 33.2 Å². The summed E-state index contributed by atoms with van der Waals surface area (Å²) in [4.78, 5) is 20.0. The summed E-state index contributed by atoms with van der Waals surface area (Å²) in [7, 11) is 2.22. The summed E-state index contributed by atoms with van der Waals surface area (Å²) in [6.45, 7) is 10.1. The van der Waals surface area contributed by atoms with Gasteiger partial charge in [0.25, 0.3) is 5.56 Å². The monoisotopic (exact) mass is 341 g/mol. The van der Waals surface area contributed by atoms with Crippen molar-refractivity contribution in [1.29, 1.82) is 0 Å². The van der Waals surface area contributed by atoms with E-state index in [2.05, 4.69) is 41.7 Å². The van der Waals surface area contributed by atoms with Crippen molar-refractivity contribution in [2.75, 3.05) is 33.2 Å². The summed E-state index contributed by atoms with van der Waals surface area (Å²) in [5.41, 5.74) is 1.23. The molecule has 4 nitrogen and oxygen atoms in total. The normalized spacial score (nSPS) is 17.0. The smallest absolute Gasteiger partial charge is 0.255 e. The molecule has 3 rings (SSSR count). The highest BCUT2D eigenvalue weighted by molar-refractivity contribution is 5.84. The number of nitrogens with one attached hydrogen (secondary N) is 1. The van der Waals surface area contributed by atoms with Gasteiger partial charge < -0.3 is 9.88 Å². The highest BCUT2D eigenvalue weighted by atomic mass is 16.1. The van der Waals surface area contributed by atoms with Crippen LogP contribution in [-0.4, -0.2) is 48.0 Å². The van der Waals surface area contributed by atoms with E-state index < -0.39 is 0 Å². The lowest BCUT2D eigenvalue weighted by atomic mass is 9.95. The largest absolute Gasteiger partial charge is 0.328 e. The second kappa shape index (κ2) is 8.15. The third-order valence-corrected chi connectivity index (χ3v) is 5.27. The molecule has 1 aromatic carbocycles. The first-order valence-electron chi connectivity index (χ1n) is 9.53. The molecule has 1 aromatic heterocycles. The molecule has 1 saturated heterocycles. The Kier molecular flexibility index (Phi) is 5.92. The van der Waals surface area contributed by atoms with E-state index in [1.54, 1.807) is 0 Å². The summed E-state index contributed by atoms with van der Waals surface area (Å²) >= 11 is 0. The van der Waals surface area contributed by atoms with Crippen LogP contribution in [0.25, 0.3) is 10.8 Å². The zero-order valence-corrected chi connectivity index (χ0v) is 15.8. The first kappa shape index (κ1) is 18.2. The van der Waals surface area contributed by atoms with E-state index in [0.717, 1.165) is 36.3 Å². The third-order valence-electron chi connectivity index (χ3n) is 5.27. The van der Waals surface area contributed by atoms with Gasteiger partial charge in [-0.15, -0.1) is 0 Å². The highest BCUT2D eigenvalue weighted by Crippen LogP contribution is 2.21. The van der Waals surface area contributed by atoms with E-state index in [4.69, 9.17) is 0 Å². The lowest BCUT2D eigenvalue weighted by Crippen LogP contribution is -2.38. The molecule has 0 radical (unpaired) electrons. The second-order valence-electron chi connectivity index (χ2n) is 8.02. The van der Waals surface area contributed by atoms with Crippen LogP contribution in [0.5, 0.6) is 0 Å². The topological polar surface area (TPSA) is 39.3 Å². The quantitative estimate of drug-likeness (QED) is 0.876. The number of aromatic amines is 1. The van der Waals surface area contributed by atoms with E-state index in [1.807, 2.05) is 24.4 Å². The summed E-state index contributed by atoms with van der Waals surface area (Å²) in [6.07, 6.45) is 4.49. The van der Waals surface area contributed by atoms with Gasteiger partial charge in [0.1, 0.15) is 0 Å². The number of benzene rings is 1. The molecule has 0 saturated carbocycles.